The van der Waals surface area contributed by atoms with Crippen LogP contribution in [0.4, 0.5) is 0 Å². The number of halogens is 1. The first kappa shape index (κ1) is 15.4. The van der Waals surface area contributed by atoms with Crippen LogP contribution in [-0.4, -0.2) is 40.2 Å². The first-order chi connectivity index (χ1) is 10.5. The standard InChI is InChI=1S/C17H21ClN2O2/c1-19(11-16(21)12-2-3-12)17(22)7-9-20-8-6-13-10-14(18)4-5-15(13)20/h4-6,8,10,12,16,21H,2-3,7,9,11H2,1H3. The summed E-state index contributed by atoms with van der Waals surface area (Å²) in [5.74, 6) is 0.462. The second-order valence-corrected chi connectivity index (χ2v) is 6.58. The normalized spacial score (nSPS) is 16.0. The second-order valence-electron chi connectivity index (χ2n) is 6.14. The lowest BCUT2D eigenvalue weighted by Crippen LogP contribution is -2.35. The third kappa shape index (κ3) is 3.45. The van der Waals surface area contributed by atoms with Gasteiger partial charge >= 0.3 is 0 Å². The fourth-order valence-electron chi connectivity index (χ4n) is 2.79. The van der Waals surface area contributed by atoms with Crippen molar-refractivity contribution < 1.29 is 9.90 Å². The van der Waals surface area contributed by atoms with Crippen molar-refractivity contribution in [3.8, 4) is 0 Å². The molecule has 1 atom stereocenters. The molecule has 1 aromatic carbocycles. The van der Waals surface area contributed by atoms with Crippen LogP contribution in [0, 0.1) is 5.92 Å². The van der Waals surface area contributed by atoms with E-state index < -0.39 is 0 Å². The van der Waals surface area contributed by atoms with Crippen LogP contribution in [-0.2, 0) is 11.3 Å². The topological polar surface area (TPSA) is 45.5 Å². The van der Waals surface area contributed by atoms with Crippen molar-refractivity contribution >= 4 is 28.4 Å². The summed E-state index contributed by atoms with van der Waals surface area (Å²) in [5.41, 5.74) is 1.08. The SMILES string of the molecule is CN(CC(O)C1CC1)C(=O)CCn1ccc2cc(Cl)ccc21. The number of amides is 1. The number of likely N-dealkylation sites (N-methyl/N-ethyl adjacent to an activating group) is 1. The lowest BCUT2D eigenvalue weighted by atomic mass is 10.2. The van der Waals surface area contributed by atoms with Crippen LogP contribution in [0.25, 0.3) is 10.9 Å². The summed E-state index contributed by atoms with van der Waals surface area (Å²) in [5, 5.41) is 11.7. The van der Waals surface area contributed by atoms with Crippen LogP contribution in [0.15, 0.2) is 30.5 Å². The van der Waals surface area contributed by atoms with Crippen molar-refractivity contribution in [3.63, 3.8) is 0 Å². The first-order valence-corrected chi connectivity index (χ1v) is 8.09. The van der Waals surface area contributed by atoms with E-state index in [2.05, 4.69) is 4.57 Å². The quantitative estimate of drug-likeness (QED) is 0.889. The van der Waals surface area contributed by atoms with Gasteiger partial charge in [-0.15, -0.1) is 0 Å². The van der Waals surface area contributed by atoms with Crippen molar-refractivity contribution in [3.05, 3.63) is 35.5 Å². The summed E-state index contributed by atoms with van der Waals surface area (Å²) in [4.78, 5) is 13.8. The highest BCUT2D eigenvalue weighted by atomic mass is 35.5. The molecular weight excluding hydrogens is 300 g/mol. The maximum absolute atomic E-state index is 12.2. The third-order valence-electron chi connectivity index (χ3n) is 4.35. The largest absolute Gasteiger partial charge is 0.391 e. The van der Waals surface area contributed by atoms with Gasteiger partial charge in [0.15, 0.2) is 0 Å². The molecule has 22 heavy (non-hydrogen) atoms. The highest BCUT2D eigenvalue weighted by Gasteiger charge is 2.31. The van der Waals surface area contributed by atoms with Crippen molar-refractivity contribution in [2.24, 2.45) is 5.92 Å². The molecule has 0 radical (unpaired) electrons. The number of nitrogens with zero attached hydrogens (tertiary/aromatic N) is 2. The summed E-state index contributed by atoms with van der Waals surface area (Å²) in [7, 11) is 1.77. The Morgan fingerprint density at radius 2 is 2.23 bits per heavy atom. The minimum atomic E-state index is -0.372. The highest BCUT2D eigenvalue weighted by Crippen LogP contribution is 2.32. The van der Waals surface area contributed by atoms with Crippen molar-refractivity contribution in [1.82, 2.24) is 9.47 Å². The molecule has 4 nitrogen and oxygen atoms in total. The number of carbonyl (C=O) groups excluding carboxylic acids is 1. The predicted octanol–water partition coefficient (Wildman–Crippen LogP) is 2.91. The van der Waals surface area contributed by atoms with E-state index in [1.807, 2.05) is 30.5 Å². The van der Waals surface area contributed by atoms with Crippen LogP contribution >= 0.6 is 11.6 Å². The number of carbonyl (C=O) groups is 1. The van der Waals surface area contributed by atoms with Gasteiger partial charge in [0.25, 0.3) is 0 Å². The Hall–Kier alpha value is -1.52. The van der Waals surface area contributed by atoms with Crippen LogP contribution in [0.3, 0.4) is 0 Å². The lowest BCUT2D eigenvalue weighted by Gasteiger charge is -2.21. The molecule has 1 unspecified atom stereocenters. The molecule has 1 amide bonds. The maximum Gasteiger partial charge on any atom is 0.224 e. The predicted molar refractivity (Wildman–Crippen MR) is 87.9 cm³/mol. The number of fused-ring (bicyclic) bond motifs is 1. The molecule has 1 fully saturated rings. The number of aliphatic hydroxyl groups excluding tert-OH is 1. The monoisotopic (exact) mass is 320 g/mol. The minimum Gasteiger partial charge on any atom is -0.391 e. The summed E-state index contributed by atoms with van der Waals surface area (Å²) < 4.78 is 2.06. The van der Waals surface area contributed by atoms with E-state index in [9.17, 15) is 9.90 Å². The molecule has 0 bridgehead atoms. The Morgan fingerprint density at radius 3 is 2.95 bits per heavy atom. The molecule has 0 aliphatic heterocycles. The van der Waals surface area contributed by atoms with E-state index in [1.165, 1.54) is 0 Å². The van der Waals surface area contributed by atoms with Gasteiger partial charge in [-0.05, 0) is 43.0 Å². The van der Waals surface area contributed by atoms with Gasteiger partial charge in [0.2, 0.25) is 5.91 Å². The molecule has 1 aliphatic rings. The smallest absolute Gasteiger partial charge is 0.224 e. The Bertz CT molecular complexity index is 678. The zero-order valence-electron chi connectivity index (χ0n) is 12.7. The van der Waals surface area contributed by atoms with Gasteiger partial charge in [0.1, 0.15) is 0 Å². The molecule has 1 heterocycles. The second kappa shape index (κ2) is 6.31. The minimum absolute atomic E-state index is 0.0653. The molecule has 118 valence electrons. The first-order valence-electron chi connectivity index (χ1n) is 7.71. The Kier molecular flexibility index (Phi) is 4.41. The number of aliphatic hydroxyl groups is 1. The highest BCUT2D eigenvalue weighted by molar-refractivity contribution is 6.31. The lowest BCUT2D eigenvalue weighted by molar-refractivity contribution is -0.131. The number of rotatable bonds is 6. The Labute approximate surface area is 135 Å². The fourth-order valence-corrected chi connectivity index (χ4v) is 2.97. The third-order valence-corrected chi connectivity index (χ3v) is 4.59. The molecule has 0 spiro atoms. The Morgan fingerprint density at radius 1 is 1.45 bits per heavy atom. The summed E-state index contributed by atoms with van der Waals surface area (Å²) >= 11 is 5.98. The van der Waals surface area contributed by atoms with Gasteiger partial charge in [-0.1, -0.05) is 11.6 Å². The van der Waals surface area contributed by atoms with E-state index in [-0.39, 0.29) is 12.0 Å². The van der Waals surface area contributed by atoms with E-state index in [0.29, 0.717) is 25.4 Å². The molecule has 1 N–H and O–H groups in total. The summed E-state index contributed by atoms with van der Waals surface area (Å²) in [6.07, 6.45) is 4.21. The van der Waals surface area contributed by atoms with Gasteiger partial charge in [0, 0.05) is 48.7 Å². The number of hydrogen-bond donors (Lipinski definition) is 1. The van der Waals surface area contributed by atoms with Gasteiger partial charge in [-0.25, -0.2) is 0 Å². The van der Waals surface area contributed by atoms with E-state index >= 15 is 0 Å². The van der Waals surface area contributed by atoms with Gasteiger partial charge in [-0.2, -0.15) is 0 Å². The zero-order chi connectivity index (χ0) is 15.7. The number of benzene rings is 1. The van der Waals surface area contributed by atoms with Crippen LogP contribution in [0.1, 0.15) is 19.3 Å². The number of hydrogen-bond acceptors (Lipinski definition) is 2. The summed E-state index contributed by atoms with van der Waals surface area (Å²) in [6.45, 7) is 1.07. The van der Waals surface area contributed by atoms with Crippen molar-refractivity contribution in [2.75, 3.05) is 13.6 Å². The van der Waals surface area contributed by atoms with Crippen LogP contribution in [0.5, 0.6) is 0 Å². The molecule has 1 aromatic heterocycles. The van der Waals surface area contributed by atoms with Gasteiger partial charge < -0.3 is 14.6 Å². The van der Waals surface area contributed by atoms with Crippen molar-refractivity contribution in [2.45, 2.75) is 31.9 Å². The molecule has 5 heteroatoms. The molecule has 1 aliphatic carbocycles. The average molecular weight is 321 g/mol. The van der Waals surface area contributed by atoms with Crippen molar-refractivity contribution in [1.29, 1.82) is 0 Å². The Balaban J connectivity index is 1.57. The molecule has 3 rings (SSSR count). The van der Waals surface area contributed by atoms with Gasteiger partial charge in [-0.3, -0.25) is 4.79 Å². The maximum atomic E-state index is 12.2. The van der Waals surface area contributed by atoms with E-state index in [0.717, 1.165) is 28.8 Å². The fraction of sp³-hybridized carbons (Fsp3) is 0.471. The number of aryl methyl sites for hydroxylation is 1. The van der Waals surface area contributed by atoms with Crippen LogP contribution < -0.4 is 0 Å². The molecule has 0 saturated heterocycles. The molecule has 2 aromatic rings. The number of aromatic nitrogens is 1. The zero-order valence-corrected chi connectivity index (χ0v) is 13.5. The van der Waals surface area contributed by atoms with E-state index in [1.54, 1.807) is 11.9 Å². The molecule has 1 saturated carbocycles. The average Bonchev–Trinajstić information content (AvgIpc) is 3.26. The van der Waals surface area contributed by atoms with Gasteiger partial charge in [0.05, 0.1) is 6.10 Å². The van der Waals surface area contributed by atoms with Crippen LogP contribution in [0.2, 0.25) is 5.02 Å². The molecular formula is C17H21ClN2O2. The van der Waals surface area contributed by atoms with E-state index in [4.69, 9.17) is 11.6 Å². The summed E-state index contributed by atoms with van der Waals surface area (Å²) in [6, 6.07) is 7.77.